The summed E-state index contributed by atoms with van der Waals surface area (Å²) in [4.78, 5) is 0. The number of hydrogen-bond donors (Lipinski definition) is 1. The smallest absolute Gasteiger partial charge is 0.214 e. The lowest BCUT2D eigenvalue weighted by atomic mass is 10.0. The van der Waals surface area contributed by atoms with E-state index in [4.69, 9.17) is 5.73 Å². The molecular weight excluding hydrogens is 236 g/mol. The van der Waals surface area contributed by atoms with Crippen molar-refractivity contribution in [2.75, 3.05) is 18.8 Å². The Bertz CT molecular complexity index is 352. The molecule has 0 aromatic rings. The van der Waals surface area contributed by atoms with Gasteiger partial charge >= 0.3 is 0 Å². The Hall–Kier alpha value is -0.130. The molecule has 0 aromatic heterocycles. The molecule has 0 bridgehead atoms. The van der Waals surface area contributed by atoms with Gasteiger partial charge in [-0.2, -0.15) is 4.31 Å². The Morgan fingerprint density at radius 3 is 2.47 bits per heavy atom. The fourth-order valence-corrected chi connectivity index (χ4v) is 5.19. The average molecular weight is 260 g/mol. The second-order valence-electron chi connectivity index (χ2n) is 5.42. The number of sulfonamides is 1. The first-order valence-corrected chi connectivity index (χ1v) is 8.39. The van der Waals surface area contributed by atoms with E-state index < -0.39 is 10.0 Å². The van der Waals surface area contributed by atoms with Gasteiger partial charge in [0.2, 0.25) is 10.0 Å². The summed E-state index contributed by atoms with van der Waals surface area (Å²) in [6.07, 6.45) is 5.35. The molecule has 2 fully saturated rings. The molecule has 0 saturated heterocycles. The molecule has 2 rings (SSSR count). The van der Waals surface area contributed by atoms with Crippen LogP contribution in [-0.2, 0) is 10.0 Å². The third kappa shape index (κ3) is 3.01. The van der Waals surface area contributed by atoms with E-state index in [9.17, 15) is 8.42 Å². The van der Waals surface area contributed by atoms with E-state index in [-0.39, 0.29) is 6.04 Å². The zero-order valence-corrected chi connectivity index (χ0v) is 11.5. The first kappa shape index (κ1) is 13.3. The summed E-state index contributed by atoms with van der Waals surface area (Å²) >= 11 is 0. The van der Waals surface area contributed by atoms with Gasteiger partial charge < -0.3 is 5.73 Å². The van der Waals surface area contributed by atoms with Gasteiger partial charge in [0.1, 0.15) is 0 Å². The van der Waals surface area contributed by atoms with Crippen molar-refractivity contribution >= 4 is 10.0 Å². The van der Waals surface area contributed by atoms with Crippen molar-refractivity contribution < 1.29 is 8.42 Å². The first-order valence-electron chi connectivity index (χ1n) is 6.78. The van der Waals surface area contributed by atoms with Crippen LogP contribution in [0.5, 0.6) is 0 Å². The van der Waals surface area contributed by atoms with Crippen molar-refractivity contribution in [1.82, 2.24) is 4.31 Å². The lowest BCUT2D eigenvalue weighted by molar-refractivity contribution is 0.276. The molecule has 5 heteroatoms. The largest absolute Gasteiger partial charge is 0.330 e. The second kappa shape index (κ2) is 5.24. The summed E-state index contributed by atoms with van der Waals surface area (Å²) in [5.41, 5.74) is 5.75. The highest BCUT2D eigenvalue weighted by Crippen LogP contribution is 2.35. The van der Waals surface area contributed by atoms with E-state index in [2.05, 4.69) is 0 Å². The molecule has 2 aliphatic rings. The van der Waals surface area contributed by atoms with E-state index in [0.717, 1.165) is 32.1 Å². The summed E-state index contributed by atoms with van der Waals surface area (Å²) in [5, 5.41) is 0. The van der Waals surface area contributed by atoms with Crippen LogP contribution in [0.2, 0.25) is 0 Å². The Morgan fingerprint density at radius 1 is 1.24 bits per heavy atom. The molecule has 2 unspecified atom stereocenters. The van der Waals surface area contributed by atoms with Crippen molar-refractivity contribution in [2.24, 2.45) is 17.6 Å². The minimum atomic E-state index is -3.06. The molecule has 2 N–H and O–H groups in total. The van der Waals surface area contributed by atoms with E-state index in [1.807, 2.05) is 6.92 Å². The second-order valence-corrected chi connectivity index (χ2v) is 7.39. The molecule has 0 aliphatic heterocycles. The van der Waals surface area contributed by atoms with Gasteiger partial charge in [0.25, 0.3) is 0 Å². The topological polar surface area (TPSA) is 63.4 Å². The third-order valence-corrected chi connectivity index (χ3v) is 6.24. The minimum absolute atomic E-state index is 0.161. The van der Waals surface area contributed by atoms with Gasteiger partial charge in [0.15, 0.2) is 0 Å². The van der Waals surface area contributed by atoms with Crippen LogP contribution in [0.25, 0.3) is 0 Å². The standard InChI is InChI=1S/C12H24N2O2S/c1-2-14(12-5-3-4-11(12)8-13)17(15,16)9-10-6-7-10/h10-12H,2-9,13H2,1H3. The van der Waals surface area contributed by atoms with Crippen molar-refractivity contribution in [3.63, 3.8) is 0 Å². The van der Waals surface area contributed by atoms with E-state index in [1.165, 1.54) is 0 Å². The predicted octanol–water partition coefficient (Wildman–Crippen LogP) is 1.18. The minimum Gasteiger partial charge on any atom is -0.330 e. The van der Waals surface area contributed by atoms with Crippen LogP contribution in [0.4, 0.5) is 0 Å². The van der Waals surface area contributed by atoms with Gasteiger partial charge in [-0.3, -0.25) is 0 Å². The van der Waals surface area contributed by atoms with E-state index in [0.29, 0.717) is 30.7 Å². The van der Waals surface area contributed by atoms with Crippen molar-refractivity contribution in [1.29, 1.82) is 0 Å². The Labute approximate surface area is 105 Å². The summed E-state index contributed by atoms with van der Waals surface area (Å²) in [6.45, 7) is 3.15. The first-order chi connectivity index (χ1) is 8.08. The number of hydrogen-bond acceptors (Lipinski definition) is 3. The van der Waals surface area contributed by atoms with Crippen LogP contribution in [0, 0.1) is 11.8 Å². The molecule has 0 radical (unpaired) electrons. The van der Waals surface area contributed by atoms with Gasteiger partial charge in [-0.1, -0.05) is 13.3 Å². The van der Waals surface area contributed by atoms with E-state index >= 15 is 0 Å². The SMILES string of the molecule is CCN(C1CCCC1CN)S(=O)(=O)CC1CC1. The Kier molecular flexibility index (Phi) is 4.10. The van der Waals surface area contributed by atoms with Crippen LogP contribution in [-0.4, -0.2) is 37.6 Å². The predicted molar refractivity (Wildman–Crippen MR) is 69.1 cm³/mol. The zero-order valence-electron chi connectivity index (χ0n) is 10.6. The number of nitrogens with two attached hydrogens (primary N) is 1. The van der Waals surface area contributed by atoms with Crippen LogP contribution < -0.4 is 5.73 Å². The van der Waals surface area contributed by atoms with Crippen molar-refractivity contribution in [3.8, 4) is 0 Å². The summed E-state index contributed by atoms with van der Waals surface area (Å²) in [7, 11) is -3.06. The highest BCUT2D eigenvalue weighted by molar-refractivity contribution is 7.89. The highest BCUT2D eigenvalue weighted by Gasteiger charge is 2.39. The molecule has 0 spiro atoms. The Balaban J connectivity index is 2.08. The van der Waals surface area contributed by atoms with Crippen molar-refractivity contribution in [2.45, 2.75) is 45.1 Å². The fraction of sp³-hybridized carbons (Fsp3) is 1.00. The third-order valence-electron chi connectivity index (χ3n) is 4.10. The lowest BCUT2D eigenvalue weighted by Crippen LogP contribution is -2.45. The van der Waals surface area contributed by atoms with Gasteiger partial charge in [-0.25, -0.2) is 8.42 Å². The molecule has 2 saturated carbocycles. The molecule has 0 aromatic carbocycles. The molecule has 17 heavy (non-hydrogen) atoms. The van der Waals surface area contributed by atoms with Crippen LogP contribution in [0.3, 0.4) is 0 Å². The molecular formula is C12H24N2O2S. The normalized spacial score (nSPS) is 30.1. The zero-order chi connectivity index (χ0) is 12.5. The van der Waals surface area contributed by atoms with Gasteiger partial charge in [-0.05, 0) is 44.1 Å². The van der Waals surface area contributed by atoms with Crippen LogP contribution in [0.1, 0.15) is 39.0 Å². The van der Waals surface area contributed by atoms with Crippen LogP contribution >= 0.6 is 0 Å². The molecule has 2 atom stereocenters. The molecule has 100 valence electrons. The highest BCUT2D eigenvalue weighted by atomic mass is 32.2. The maximum Gasteiger partial charge on any atom is 0.214 e. The van der Waals surface area contributed by atoms with Gasteiger partial charge in [0, 0.05) is 12.6 Å². The summed E-state index contributed by atoms with van der Waals surface area (Å²) < 4.78 is 26.4. The maximum absolute atomic E-state index is 12.3. The van der Waals surface area contributed by atoms with Crippen molar-refractivity contribution in [3.05, 3.63) is 0 Å². The summed E-state index contributed by atoms with van der Waals surface area (Å²) in [6, 6.07) is 0.161. The fourth-order valence-electron chi connectivity index (χ4n) is 2.99. The van der Waals surface area contributed by atoms with Gasteiger partial charge in [-0.15, -0.1) is 0 Å². The molecule has 0 heterocycles. The molecule has 2 aliphatic carbocycles. The summed E-state index contributed by atoms with van der Waals surface area (Å²) in [5.74, 6) is 1.14. The average Bonchev–Trinajstić information content (AvgIpc) is 2.95. The number of rotatable bonds is 6. The lowest BCUT2D eigenvalue weighted by Gasteiger charge is -2.30. The molecule has 0 amide bonds. The quantitative estimate of drug-likeness (QED) is 0.780. The van der Waals surface area contributed by atoms with Gasteiger partial charge in [0.05, 0.1) is 5.75 Å². The monoisotopic (exact) mass is 260 g/mol. The Morgan fingerprint density at radius 2 is 1.94 bits per heavy atom. The maximum atomic E-state index is 12.3. The molecule has 4 nitrogen and oxygen atoms in total. The van der Waals surface area contributed by atoms with Crippen LogP contribution in [0.15, 0.2) is 0 Å². The van der Waals surface area contributed by atoms with E-state index in [1.54, 1.807) is 4.31 Å². The number of nitrogens with zero attached hydrogens (tertiary/aromatic N) is 1.